The van der Waals surface area contributed by atoms with E-state index in [4.69, 9.17) is 0 Å². The van der Waals surface area contributed by atoms with Crippen molar-refractivity contribution in [2.75, 3.05) is 0 Å². The lowest BCUT2D eigenvalue weighted by atomic mass is 10.1. The van der Waals surface area contributed by atoms with Crippen LogP contribution < -0.4 is 0 Å². The number of benzene rings is 2. The number of hydrogen-bond donors (Lipinski definition) is 1. The molecule has 2 aromatic carbocycles. The van der Waals surface area contributed by atoms with Crippen LogP contribution in [0.2, 0.25) is 0 Å². The van der Waals surface area contributed by atoms with Gasteiger partial charge in [-0.05, 0) is 54.3 Å². The van der Waals surface area contributed by atoms with Gasteiger partial charge in [0, 0.05) is 25.3 Å². The van der Waals surface area contributed by atoms with Crippen LogP contribution in [-0.2, 0) is 19.5 Å². The number of aromatic nitrogens is 1. The maximum Gasteiger partial charge on any atom is 0.271 e. The molecule has 0 fully saturated rings. The predicted octanol–water partition coefficient (Wildman–Crippen LogP) is 4.15. The predicted molar refractivity (Wildman–Crippen MR) is 101 cm³/mol. The second-order valence-electron chi connectivity index (χ2n) is 6.95. The number of nitrogens with zero attached hydrogens (tertiary/aromatic N) is 2. The topological polar surface area (TPSA) is 45.5 Å². The number of phenolic OH excluding ortho intramolecular Hbond substituents is 1. The van der Waals surface area contributed by atoms with E-state index >= 15 is 0 Å². The highest BCUT2D eigenvalue weighted by atomic mass is 16.3. The van der Waals surface area contributed by atoms with Gasteiger partial charge in [-0.1, -0.05) is 36.4 Å². The Balaban J connectivity index is 1.52. The number of rotatable bonds is 4. The smallest absolute Gasteiger partial charge is 0.271 e. The maximum atomic E-state index is 13.1. The Morgan fingerprint density at radius 3 is 2.62 bits per heavy atom. The highest BCUT2D eigenvalue weighted by molar-refractivity contribution is 5.93. The first-order chi connectivity index (χ1) is 12.6. The monoisotopic (exact) mass is 346 g/mol. The molecule has 26 heavy (non-hydrogen) atoms. The van der Waals surface area contributed by atoms with Crippen molar-refractivity contribution in [1.29, 1.82) is 0 Å². The third-order valence-electron chi connectivity index (χ3n) is 5.05. The van der Waals surface area contributed by atoms with Gasteiger partial charge in [0.1, 0.15) is 11.4 Å². The molecule has 132 valence electrons. The number of phenols is 1. The Hall–Kier alpha value is -3.01. The molecule has 0 saturated carbocycles. The summed E-state index contributed by atoms with van der Waals surface area (Å²) in [5.41, 5.74) is 4.10. The minimum atomic E-state index is 0.0330. The van der Waals surface area contributed by atoms with Crippen molar-refractivity contribution in [2.45, 2.75) is 32.5 Å². The molecule has 2 heterocycles. The number of aromatic hydroxyl groups is 1. The second kappa shape index (κ2) is 6.71. The summed E-state index contributed by atoms with van der Waals surface area (Å²) in [6.07, 6.45) is 2.86. The molecular formula is C22H22N2O2. The molecule has 4 nitrogen and oxygen atoms in total. The van der Waals surface area contributed by atoms with Crippen LogP contribution in [0.1, 0.15) is 40.1 Å². The van der Waals surface area contributed by atoms with Crippen LogP contribution in [0.15, 0.2) is 66.9 Å². The number of hydrogen-bond acceptors (Lipinski definition) is 2. The maximum absolute atomic E-state index is 13.1. The Kier molecular flexibility index (Phi) is 4.25. The van der Waals surface area contributed by atoms with E-state index in [2.05, 4.69) is 23.6 Å². The van der Waals surface area contributed by atoms with Crippen LogP contribution in [0.4, 0.5) is 0 Å². The zero-order valence-electron chi connectivity index (χ0n) is 14.8. The summed E-state index contributed by atoms with van der Waals surface area (Å²) in [4.78, 5) is 14.9. The van der Waals surface area contributed by atoms with Gasteiger partial charge in [-0.25, -0.2) is 0 Å². The van der Waals surface area contributed by atoms with Crippen LogP contribution in [0.5, 0.6) is 5.75 Å². The van der Waals surface area contributed by atoms with Gasteiger partial charge in [0.05, 0.1) is 0 Å². The molecule has 1 N–H and O–H groups in total. The summed E-state index contributed by atoms with van der Waals surface area (Å²) >= 11 is 0. The van der Waals surface area contributed by atoms with Crippen molar-refractivity contribution in [2.24, 2.45) is 0 Å². The molecule has 1 aromatic heterocycles. The third kappa shape index (κ3) is 3.10. The summed E-state index contributed by atoms with van der Waals surface area (Å²) in [5.74, 6) is 0.281. The zero-order valence-corrected chi connectivity index (χ0v) is 14.8. The molecule has 0 saturated heterocycles. The standard InChI is InChI=1S/C22H22N2O2/c1-16(12-17-6-3-2-4-7-17)24-11-5-8-21(24)22(26)23-14-18-9-10-20(25)13-19(18)15-23/h2-11,13,16,25H,12,14-15H2,1H3. The summed E-state index contributed by atoms with van der Waals surface area (Å²) in [7, 11) is 0. The lowest BCUT2D eigenvalue weighted by molar-refractivity contribution is 0.0738. The molecule has 0 spiro atoms. The fourth-order valence-corrected chi connectivity index (χ4v) is 3.70. The van der Waals surface area contributed by atoms with E-state index in [1.165, 1.54) is 5.56 Å². The molecule has 3 aromatic rings. The Bertz CT molecular complexity index is 930. The molecule has 1 aliphatic heterocycles. The minimum Gasteiger partial charge on any atom is -0.508 e. The minimum absolute atomic E-state index is 0.0330. The number of carbonyl (C=O) groups excluding carboxylic acids is 1. The Morgan fingerprint density at radius 1 is 1.04 bits per heavy atom. The number of fused-ring (bicyclic) bond motifs is 1. The Morgan fingerprint density at radius 2 is 1.81 bits per heavy atom. The van der Waals surface area contributed by atoms with E-state index < -0.39 is 0 Å². The fourth-order valence-electron chi connectivity index (χ4n) is 3.70. The van der Waals surface area contributed by atoms with Crippen molar-refractivity contribution < 1.29 is 9.90 Å². The molecule has 4 heteroatoms. The van der Waals surface area contributed by atoms with Gasteiger partial charge < -0.3 is 14.6 Å². The number of amides is 1. The van der Waals surface area contributed by atoms with Crippen LogP contribution in [0.3, 0.4) is 0 Å². The van der Waals surface area contributed by atoms with E-state index in [0.717, 1.165) is 17.5 Å². The molecule has 0 bridgehead atoms. The lowest BCUT2D eigenvalue weighted by Crippen LogP contribution is -2.28. The van der Waals surface area contributed by atoms with Gasteiger partial charge in [0.15, 0.2) is 0 Å². The van der Waals surface area contributed by atoms with E-state index in [1.807, 2.05) is 47.5 Å². The van der Waals surface area contributed by atoms with Gasteiger partial charge in [-0.15, -0.1) is 0 Å². The van der Waals surface area contributed by atoms with Crippen molar-refractivity contribution in [3.63, 3.8) is 0 Å². The van der Waals surface area contributed by atoms with Crippen molar-refractivity contribution >= 4 is 5.91 Å². The lowest BCUT2D eigenvalue weighted by Gasteiger charge is -2.21. The Labute approximate surface area is 153 Å². The average molecular weight is 346 g/mol. The van der Waals surface area contributed by atoms with E-state index in [0.29, 0.717) is 18.8 Å². The van der Waals surface area contributed by atoms with Crippen molar-refractivity contribution in [3.05, 3.63) is 89.2 Å². The van der Waals surface area contributed by atoms with Gasteiger partial charge in [-0.3, -0.25) is 4.79 Å². The van der Waals surface area contributed by atoms with E-state index in [-0.39, 0.29) is 17.7 Å². The second-order valence-corrected chi connectivity index (χ2v) is 6.95. The number of carbonyl (C=O) groups is 1. The zero-order chi connectivity index (χ0) is 18.1. The first-order valence-corrected chi connectivity index (χ1v) is 8.92. The molecule has 0 aliphatic carbocycles. The van der Waals surface area contributed by atoms with Gasteiger partial charge in [-0.2, -0.15) is 0 Å². The largest absolute Gasteiger partial charge is 0.508 e. The fraction of sp³-hybridized carbons (Fsp3) is 0.227. The molecule has 1 atom stereocenters. The highest BCUT2D eigenvalue weighted by Crippen LogP contribution is 2.28. The summed E-state index contributed by atoms with van der Waals surface area (Å²) < 4.78 is 2.07. The average Bonchev–Trinajstić information content (AvgIpc) is 3.28. The molecule has 1 amide bonds. The normalized spacial score (nSPS) is 14.3. The van der Waals surface area contributed by atoms with Crippen molar-refractivity contribution in [1.82, 2.24) is 9.47 Å². The molecule has 4 rings (SSSR count). The SMILES string of the molecule is CC(Cc1ccccc1)n1cccc1C(=O)N1Cc2ccc(O)cc2C1. The molecule has 1 aliphatic rings. The highest BCUT2D eigenvalue weighted by Gasteiger charge is 2.27. The first-order valence-electron chi connectivity index (χ1n) is 8.92. The van der Waals surface area contributed by atoms with E-state index in [9.17, 15) is 9.90 Å². The van der Waals surface area contributed by atoms with Crippen LogP contribution in [0, 0.1) is 0 Å². The summed E-state index contributed by atoms with van der Waals surface area (Å²) in [5, 5.41) is 9.65. The summed E-state index contributed by atoms with van der Waals surface area (Å²) in [6.45, 7) is 3.27. The van der Waals surface area contributed by atoms with Crippen LogP contribution >= 0.6 is 0 Å². The van der Waals surface area contributed by atoms with Gasteiger partial charge >= 0.3 is 0 Å². The van der Waals surface area contributed by atoms with E-state index in [1.54, 1.807) is 12.1 Å². The third-order valence-corrected chi connectivity index (χ3v) is 5.05. The quantitative estimate of drug-likeness (QED) is 0.771. The van der Waals surface area contributed by atoms with Gasteiger partial charge in [0.25, 0.3) is 5.91 Å². The van der Waals surface area contributed by atoms with Crippen LogP contribution in [0.25, 0.3) is 0 Å². The molecule has 0 radical (unpaired) electrons. The molecule has 1 unspecified atom stereocenters. The van der Waals surface area contributed by atoms with Crippen LogP contribution in [-0.4, -0.2) is 20.5 Å². The summed E-state index contributed by atoms with van der Waals surface area (Å²) in [6, 6.07) is 19.7. The van der Waals surface area contributed by atoms with Gasteiger partial charge in [0.2, 0.25) is 0 Å². The molecular weight excluding hydrogens is 324 g/mol. The first kappa shape index (κ1) is 16.5. The van der Waals surface area contributed by atoms with Crippen molar-refractivity contribution in [3.8, 4) is 5.75 Å².